The van der Waals surface area contributed by atoms with E-state index in [4.69, 9.17) is 4.98 Å². The van der Waals surface area contributed by atoms with Crippen molar-refractivity contribution >= 4 is 49.7 Å². The Morgan fingerprint density at radius 3 is 2.32 bits per heavy atom. The highest BCUT2D eigenvalue weighted by Crippen LogP contribution is 2.36. The summed E-state index contributed by atoms with van der Waals surface area (Å²) in [6.45, 7) is 1.97. The van der Waals surface area contributed by atoms with E-state index in [1.807, 2.05) is 73.7 Å². The van der Waals surface area contributed by atoms with Gasteiger partial charge in [0.15, 0.2) is 0 Å². The predicted molar refractivity (Wildman–Crippen MR) is 134 cm³/mol. The quantitative estimate of drug-likeness (QED) is 0.437. The Morgan fingerprint density at radius 1 is 0.882 bits per heavy atom. The van der Waals surface area contributed by atoms with Gasteiger partial charge in [-0.2, -0.15) is 5.10 Å². The van der Waals surface area contributed by atoms with Crippen molar-refractivity contribution in [3.05, 3.63) is 94.7 Å². The van der Waals surface area contributed by atoms with Crippen molar-refractivity contribution < 1.29 is 4.79 Å². The van der Waals surface area contributed by atoms with Crippen molar-refractivity contribution in [3.8, 4) is 0 Å². The zero-order valence-electron chi connectivity index (χ0n) is 18.7. The molecule has 3 aromatic carbocycles. The minimum Gasteiger partial charge on any atom is -0.323 e. The van der Waals surface area contributed by atoms with Gasteiger partial charge in [-0.15, -0.1) is 0 Å². The number of para-hydroxylation sites is 2. The second kappa shape index (κ2) is 7.52. The molecule has 3 aromatic heterocycles. The summed E-state index contributed by atoms with van der Waals surface area (Å²) in [6, 6.07) is 23.2. The maximum absolute atomic E-state index is 13.4. The molecule has 0 saturated carbocycles. The number of anilines is 1. The van der Waals surface area contributed by atoms with E-state index in [-0.39, 0.29) is 17.9 Å². The van der Waals surface area contributed by atoms with Crippen molar-refractivity contribution in [2.45, 2.75) is 13.3 Å². The topological polar surface area (TPSA) is 81.3 Å². The summed E-state index contributed by atoms with van der Waals surface area (Å²) in [7, 11) is 1.60. The van der Waals surface area contributed by atoms with Gasteiger partial charge in [0.1, 0.15) is 5.82 Å². The molecule has 0 fully saturated rings. The van der Waals surface area contributed by atoms with Crippen molar-refractivity contribution in [2.24, 2.45) is 7.05 Å². The Balaban J connectivity index is 1.52. The molecule has 6 rings (SSSR count). The van der Waals surface area contributed by atoms with Gasteiger partial charge in [-0.25, -0.2) is 9.67 Å². The summed E-state index contributed by atoms with van der Waals surface area (Å²) >= 11 is 0. The molecule has 34 heavy (non-hydrogen) atoms. The number of hydrogen-bond donors (Lipinski definition) is 1. The summed E-state index contributed by atoms with van der Waals surface area (Å²) in [5.74, 6) is 0.643. The molecular weight excluding hydrogens is 426 g/mol. The van der Waals surface area contributed by atoms with Crippen LogP contribution in [0.15, 0.2) is 77.6 Å². The van der Waals surface area contributed by atoms with E-state index in [1.54, 1.807) is 13.1 Å². The molecule has 1 N–H and O–H groups in total. The molecule has 0 spiro atoms. The van der Waals surface area contributed by atoms with Gasteiger partial charge < -0.3 is 5.32 Å². The molecule has 6 aromatic rings. The van der Waals surface area contributed by atoms with Crippen LogP contribution in [0.25, 0.3) is 38.1 Å². The number of nitrogens with zero attached hydrogens (tertiary/aromatic N) is 4. The maximum atomic E-state index is 13.4. The van der Waals surface area contributed by atoms with E-state index in [0.29, 0.717) is 16.5 Å². The average Bonchev–Trinajstić information content (AvgIpc) is 3.17. The number of rotatable bonds is 3. The molecule has 0 aliphatic heterocycles. The summed E-state index contributed by atoms with van der Waals surface area (Å²) in [6.07, 6.45) is 0.0439. The summed E-state index contributed by atoms with van der Waals surface area (Å²) in [5.41, 5.74) is 3.89. The van der Waals surface area contributed by atoms with Crippen molar-refractivity contribution in [2.75, 3.05) is 5.32 Å². The largest absolute Gasteiger partial charge is 0.323 e. The lowest BCUT2D eigenvalue weighted by atomic mass is 10.1. The molecule has 0 atom stereocenters. The molecule has 166 valence electrons. The van der Waals surface area contributed by atoms with Crippen LogP contribution < -0.4 is 10.9 Å². The molecule has 7 nitrogen and oxygen atoms in total. The number of aromatic nitrogens is 4. The molecule has 0 radical (unpaired) electrons. The molecule has 0 saturated heterocycles. The second-order valence-electron chi connectivity index (χ2n) is 8.40. The lowest BCUT2D eigenvalue weighted by molar-refractivity contribution is -0.115. The molecule has 3 heterocycles. The number of carbonyl (C=O) groups is 1. The molecule has 0 unspecified atom stereocenters. The smallest absolute Gasteiger partial charge is 0.274 e. The van der Waals surface area contributed by atoms with Gasteiger partial charge in [-0.1, -0.05) is 54.6 Å². The Labute approximate surface area is 194 Å². The van der Waals surface area contributed by atoms with Crippen LogP contribution in [0.5, 0.6) is 0 Å². The van der Waals surface area contributed by atoms with Gasteiger partial charge in [0.05, 0.1) is 39.7 Å². The first-order valence-corrected chi connectivity index (χ1v) is 11.1. The highest BCUT2D eigenvalue weighted by Gasteiger charge is 2.20. The Hall–Kier alpha value is -4.52. The van der Waals surface area contributed by atoms with E-state index in [0.717, 1.165) is 38.8 Å². The van der Waals surface area contributed by atoms with Gasteiger partial charge >= 0.3 is 0 Å². The van der Waals surface area contributed by atoms with Gasteiger partial charge in [-0.05, 0) is 25.1 Å². The molecule has 0 aliphatic carbocycles. The number of carbonyl (C=O) groups excluding carboxylic acids is 1. The summed E-state index contributed by atoms with van der Waals surface area (Å²) in [5, 5.41) is 10.7. The first-order valence-electron chi connectivity index (χ1n) is 11.1. The lowest BCUT2D eigenvalue weighted by Crippen LogP contribution is -2.24. The van der Waals surface area contributed by atoms with E-state index >= 15 is 0 Å². The summed E-state index contributed by atoms with van der Waals surface area (Å²) < 4.78 is 3.38. The van der Waals surface area contributed by atoms with Gasteiger partial charge in [0.25, 0.3) is 5.56 Å². The molecule has 0 aliphatic rings. The zero-order valence-corrected chi connectivity index (χ0v) is 18.7. The maximum Gasteiger partial charge on any atom is 0.274 e. The minimum absolute atomic E-state index is 0.0439. The third kappa shape index (κ3) is 2.97. The molecular formula is C27H21N5O2. The number of benzene rings is 3. The van der Waals surface area contributed by atoms with Crippen LogP contribution in [0, 0.1) is 6.92 Å². The van der Waals surface area contributed by atoms with Gasteiger partial charge in [-0.3, -0.25) is 14.0 Å². The van der Waals surface area contributed by atoms with Crippen LogP contribution in [-0.4, -0.2) is 25.1 Å². The second-order valence-corrected chi connectivity index (χ2v) is 8.40. The average molecular weight is 447 g/mol. The highest BCUT2D eigenvalue weighted by atomic mass is 16.1. The SMILES string of the molecule is Cc1nc2ccccc2c2c(NC(=O)Cc3nn(C)c(=O)c4ccccc34)c3ccccc3n12. The van der Waals surface area contributed by atoms with E-state index in [9.17, 15) is 9.59 Å². The number of nitrogens with one attached hydrogen (secondary N) is 1. The Kier molecular flexibility index (Phi) is 4.45. The van der Waals surface area contributed by atoms with Gasteiger partial charge in [0, 0.05) is 23.2 Å². The van der Waals surface area contributed by atoms with Crippen LogP contribution in [-0.2, 0) is 18.3 Å². The minimum atomic E-state index is -0.201. The van der Waals surface area contributed by atoms with Crippen molar-refractivity contribution in [1.29, 1.82) is 0 Å². The fraction of sp³-hybridized carbons (Fsp3) is 0.111. The lowest BCUT2D eigenvalue weighted by Gasteiger charge is -2.10. The monoisotopic (exact) mass is 447 g/mol. The fourth-order valence-corrected chi connectivity index (χ4v) is 4.80. The van der Waals surface area contributed by atoms with E-state index in [1.165, 1.54) is 4.68 Å². The van der Waals surface area contributed by atoms with Gasteiger partial charge in [0.2, 0.25) is 5.91 Å². The first-order chi connectivity index (χ1) is 16.5. The highest BCUT2D eigenvalue weighted by molar-refractivity contribution is 6.16. The first kappa shape index (κ1) is 20.1. The number of fused-ring (bicyclic) bond motifs is 6. The number of hydrogen-bond acceptors (Lipinski definition) is 4. The Morgan fingerprint density at radius 2 is 1.53 bits per heavy atom. The van der Waals surface area contributed by atoms with Crippen LogP contribution in [0.1, 0.15) is 11.5 Å². The van der Waals surface area contributed by atoms with Crippen molar-refractivity contribution in [1.82, 2.24) is 19.2 Å². The molecule has 0 bridgehead atoms. The van der Waals surface area contributed by atoms with Crippen LogP contribution in [0.4, 0.5) is 5.69 Å². The predicted octanol–water partition coefficient (Wildman–Crippen LogP) is 4.38. The zero-order chi connectivity index (χ0) is 23.4. The Bertz CT molecular complexity index is 1830. The number of aryl methyl sites for hydroxylation is 2. The van der Waals surface area contributed by atoms with Crippen molar-refractivity contribution in [3.63, 3.8) is 0 Å². The van der Waals surface area contributed by atoms with E-state index < -0.39 is 0 Å². The van der Waals surface area contributed by atoms with E-state index in [2.05, 4.69) is 14.8 Å². The number of amides is 1. The molecule has 7 heteroatoms. The standard InChI is InChI=1S/C27H21N5O2/c1-16-28-21-13-7-5-11-19(21)26-25(20-12-6-8-14-23(20)32(16)26)29-24(33)15-22-17-9-3-4-10-18(17)27(34)31(2)30-22/h3-14H,15H2,1-2H3,(H,29,33). The van der Waals surface area contributed by atoms with Crippen LogP contribution in [0.2, 0.25) is 0 Å². The summed E-state index contributed by atoms with van der Waals surface area (Å²) in [4.78, 5) is 30.6. The normalized spacial score (nSPS) is 11.6. The fourth-order valence-electron chi connectivity index (χ4n) is 4.80. The van der Waals surface area contributed by atoms with Crippen LogP contribution in [0.3, 0.4) is 0 Å². The third-order valence-corrected chi connectivity index (χ3v) is 6.27. The van der Waals surface area contributed by atoms with Crippen LogP contribution >= 0.6 is 0 Å². The third-order valence-electron chi connectivity index (χ3n) is 6.27. The molecule has 1 amide bonds.